The van der Waals surface area contributed by atoms with Crippen LogP contribution in [-0.4, -0.2) is 147 Å². The summed E-state index contributed by atoms with van der Waals surface area (Å²) >= 11 is 7.51. The maximum atomic E-state index is 13.4. The van der Waals surface area contributed by atoms with Gasteiger partial charge in [0, 0.05) is 30.5 Å². The number of amides is 6. The Bertz CT molecular complexity index is 2150. The lowest BCUT2D eigenvalue weighted by atomic mass is 10.0. The highest BCUT2D eigenvalue weighted by Gasteiger charge is 2.66. The van der Waals surface area contributed by atoms with Crippen molar-refractivity contribution in [1.29, 1.82) is 0 Å². The fraction of sp³-hybridized carbons (Fsp3) is 0.367. The third-order valence-corrected chi connectivity index (χ3v) is 11.3. The molecule has 1 aromatic carbocycles. The summed E-state index contributed by atoms with van der Waals surface area (Å²) in [7, 11) is 0. The summed E-state index contributed by atoms with van der Waals surface area (Å²) < 4.78 is 0. The van der Waals surface area contributed by atoms with Crippen molar-refractivity contribution in [3.8, 4) is 11.5 Å². The van der Waals surface area contributed by atoms with Gasteiger partial charge < -0.3 is 57.3 Å². The van der Waals surface area contributed by atoms with Crippen LogP contribution in [0.3, 0.4) is 0 Å². The Balaban J connectivity index is 1.20. The van der Waals surface area contributed by atoms with Gasteiger partial charge in [0.15, 0.2) is 28.1 Å². The van der Waals surface area contributed by atoms with Gasteiger partial charge in [0.2, 0.25) is 22.3 Å². The minimum Gasteiger partial charge on any atom is -0.504 e. The van der Waals surface area contributed by atoms with E-state index in [9.17, 15) is 58.8 Å². The van der Waals surface area contributed by atoms with Crippen molar-refractivity contribution < 1.29 is 63.6 Å². The number of benzene rings is 1. The zero-order valence-electron chi connectivity index (χ0n) is 29.4. The number of thiazole rings is 1. The molecule has 3 aliphatic rings. The topological polar surface area (TPSA) is 362 Å². The van der Waals surface area contributed by atoms with Crippen molar-refractivity contribution in [2.24, 2.45) is 16.1 Å². The number of carboxylic acids is 2. The lowest BCUT2D eigenvalue weighted by Crippen LogP contribution is -2.69. The number of phenols is 2. The number of anilines is 1. The van der Waals surface area contributed by atoms with E-state index in [0.29, 0.717) is 16.8 Å². The quantitative estimate of drug-likeness (QED) is 0.0230. The number of hydrazine groups is 1. The van der Waals surface area contributed by atoms with Crippen LogP contribution in [0.2, 0.25) is 5.02 Å². The fourth-order valence-electron chi connectivity index (χ4n) is 5.47. The number of aliphatic carboxylic acids is 2. The number of hydrogen-bond donors (Lipinski definition) is 9. The van der Waals surface area contributed by atoms with Crippen molar-refractivity contribution in [3.05, 3.63) is 33.8 Å². The van der Waals surface area contributed by atoms with Crippen LogP contribution < -0.4 is 27.6 Å². The zero-order chi connectivity index (χ0) is 42.1. The van der Waals surface area contributed by atoms with Gasteiger partial charge in [-0.3, -0.25) is 34.2 Å². The highest BCUT2D eigenvalue weighted by Crippen LogP contribution is 2.49. The Labute approximate surface area is 332 Å². The Morgan fingerprint density at radius 2 is 1.79 bits per heavy atom. The van der Waals surface area contributed by atoms with E-state index in [1.165, 1.54) is 25.3 Å². The number of fused-ring (bicyclic) bond motifs is 1. The van der Waals surface area contributed by atoms with Crippen molar-refractivity contribution >= 4 is 98.6 Å². The fourth-order valence-corrected chi connectivity index (χ4v) is 7.91. The summed E-state index contributed by atoms with van der Waals surface area (Å²) in [6.45, 7) is 0.629. The summed E-state index contributed by atoms with van der Waals surface area (Å²) in [4.78, 5) is 111. The van der Waals surface area contributed by atoms with Gasteiger partial charge in [-0.1, -0.05) is 28.5 Å². The molecule has 1 aromatic heterocycles. The molecule has 3 fully saturated rings. The van der Waals surface area contributed by atoms with Crippen LogP contribution in [0.4, 0.5) is 5.13 Å². The molecule has 11 N–H and O–H groups in total. The number of hydrazone groups is 1. The largest absolute Gasteiger partial charge is 0.504 e. The highest BCUT2D eigenvalue weighted by atomic mass is 35.5. The van der Waals surface area contributed by atoms with Crippen LogP contribution in [-0.2, 0) is 43.2 Å². The van der Waals surface area contributed by atoms with Gasteiger partial charge in [0.1, 0.15) is 17.1 Å². The molecule has 27 heteroatoms. The third kappa shape index (κ3) is 7.99. The number of carboxylic acid groups (broad SMARTS) is 2. The zero-order valence-corrected chi connectivity index (χ0v) is 31.8. The molecule has 3 saturated heterocycles. The molecule has 24 nitrogen and oxygen atoms in total. The normalized spacial score (nSPS) is 21.1. The lowest BCUT2D eigenvalue weighted by Gasteiger charge is -2.41. The van der Waals surface area contributed by atoms with Crippen molar-refractivity contribution in [2.45, 2.75) is 42.2 Å². The van der Waals surface area contributed by atoms with E-state index in [2.05, 4.69) is 31.3 Å². The number of thioether (sulfide) groups is 1. The molecule has 0 spiro atoms. The first-order valence-corrected chi connectivity index (χ1v) is 18.3. The third-order valence-electron chi connectivity index (χ3n) is 8.57. The van der Waals surface area contributed by atoms with Gasteiger partial charge in [-0.2, -0.15) is 5.10 Å². The number of carbonyl (C=O) groups excluding carboxylic acids is 6. The molecule has 3 aliphatic heterocycles. The molecule has 5 rings (SSSR count). The number of nitrogens with one attached hydrogen (secondary N) is 3. The molecular weight excluding hydrogens is 822 g/mol. The average Bonchev–Trinajstić information content (AvgIpc) is 3.75. The molecule has 0 aliphatic carbocycles. The second-order valence-electron chi connectivity index (χ2n) is 12.7. The average molecular weight is 854 g/mol. The molecule has 4 heterocycles. The summed E-state index contributed by atoms with van der Waals surface area (Å²) in [6.07, 6.45) is -0.438. The number of rotatable bonds is 14. The smallest absolute Gasteiger partial charge is 0.350 e. The van der Waals surface area contributed by atoms with E-state index in [1.54, 1.807) is 0 Å². The molecule has 304 valence electrons. The molecule has 0 radical (unpaired) electrons. The van der Waals surface area contributed by atoms with Crippen LogP contribution >= 0.6 is 34.7 Å². The minimum absolute atomic E-state index is 0.0307. The molecule has 2 unspecified atom stereocenters. The van der Waals surface area contributed by atoms with Gasteiger partial charge in [-0.15, -0.1) is 11.3 Å². The summed E-state index contributed by atoms with van der Waals surface area (Å²) in [5.74, 6) is -5.14. The van der Waals surface area contributed by atoms with Crippen LogP contribution in [0.15, 0.2) is 27.8 Å². The SMILES string of the molecule is CC(C)(O/N=C(\C(=O)NC1C(=O)N2CC(C(=O)O)(N3CCN(NC(=O)CCNC(=O)/C(=N\N)c4ccc(O)c(O)c4Cl)C(=O)C3=O)S[C@H]12)c1csc(N)n1)C(=O)O. The van der Waals surface area contributed by atoms with Crippen LogP contribution in [0, 0.1) is 0 Å². The van der Waals surface area contributed by atoms with E-state index < -0.39 is 117 Å². The molecule has 3 atom stereocenters. The van der Waals surface area contributed by atoms with Crippen LogP contribution in [0.25, 0.3) is 0 Å². The highest BCUT2D eigenvalue weighted by molar-refractivity contribution is 8.02. The van der Waals surface area contributed by atoms with Crippen LogP contribution in [0.5, 0.6) is 11.5 Å². The van der Waals surface area contributed by atoms with E-state index in [1.807, 2.05) is 0 Å². The second kappa shape index (κ2) is 16.0. The predicted molar refractivity (Wildman–Crippen MR) is 196 cm³/mol. The lowest BCUT2D eigenvalue weighted by molar-refractivity contribution is -0.168. The molecule has 0 bridgehead atoms. The summed E-state index contributed by atoms with van der Waals surface area (Å²) in [5, 5.41) is 51.5. The van der Waals surface area contributed by atoms with Crippen molar-refractivity contribution in [3.63, 3.8) is 0 Å². The number of aromatic hydroxyl groups is 2. The van der Waals surface area contributed by atoms with Crippen molar-refractivity contribution in [2.75, 3.05) is 31.9 Å². The first kappa shape index (κ1) is 41.7. The number of nitrogens with zero attached hydrogens (tertiary/aromatic N) is 6. The predicted octanol–water partition coefficient (Wildman–Crippen LogP) is -2.87. The molecular formula is C30H32ClN11O13S2. The van der Waals surface area contributed by atoms with Gasteiger partial charge in [-0.05, 0) is 26.0 Å². The minimum atomic E-state index is -2.19. The number of nitrogen functional groups attached to an aromatic ring is 1. The number of halogens is 1. The maximum absolute atomic E-state index is 13.4. The Morgan fingerprint density at radius 1 is 1.09 bits per heavy atom. The number of β-lactam (4-membered cyclic amide) rings is 1. The molecule has 0 saturated carbocycles. The molecule has 57 heavy (non-hydrogen) atoms. The molecule has 2 aromatic rings. The van der Waals surface area contributed by atoms with E-state index in [0.717, 1.165) is 27.2 Å². The number of aromatic nitrogens is 1. The van der Waals surface area contributed by atoms with E-state index in [-0.39, 0.29) is 29.5 Å². The van der Waals surface area contributed by atoms with Gasteiger partial charge in [0.25, 0.3) is 11.8 Å². The van der Waals surface area contributed by atoms with Crippen LogP contribution in [0.1, 0.15) is 31.5 Å². The number of phenolic OH excluding ortho intramolecular Hbond substituents is 2. The first-order valence-electron chi connectivity index (χ1n) is 16.2. The van der Waals surface area contributed by atoms with Gasteiger partial charge >= 0.3 is 23.8 Å². The second-order valence-corrected chi connectivity index (χ2v) is 15.3. The first-order chi connectivity index (χ1) is 26.7. The number of carbonyl (C=O) groups is 8. The van der Waals surface area contributed by atoms with Gasteiger partial charge in [0.05, 0.1) is 18.1 Å². The van der Waals surface area contributed by atoms with Crippen molar-refractivity contribution in [1.82, 2.24) is 35.9 Å². The maximum Gasteiger partial charge on any atom is 0.350 e. The molecule has 6 amide bonds. The standard InChI is InChI=1S/C30H32ClN11O13S2/c1-29(2,26(51)52)55-39-17(12-9-56-28(32)35-12)21(47)36-18-22(48)40-10-30(27(53)54,57-25(18)40)41-7-8-42(24(50)23(41)49)38-14(44)5-6-34-20(46)16(37-33)11-3-4-13(43)19(45)15(11)31/h3-4,9,18,25,43,45H,5-8,10,33H2,1-2H3,(H2,32,35)(H,34,46)(H,36,47)(H,38,44)(H,51,52)(H,53,54)/b37-16-,39-17-/t18?,25-,30?/m1/s1. The summed E-state index contributed by atoms with van der Waals surface area (Å²) in [5.41, 5.74) is 4.80. The monoisotopic (exact) mass is 853 g/mol. The van der Waals surface area contributed by atoms with E-state index >= 15 is 0 Å². The number of nitrogens with two attached hydrogens (primary N) is 2. The Morgan fingerprint density at radius 3 is 2.40 bits per heavy atom. The Hall–Kier alpha value is -6.41. The number of piperazine rings is 1. The number of oxime groups is 1. The summed E-state index contributed by atoms with van der Waals surface area (Å²) in [6, 6.07) is 0.856. The van der Waals surface area contributed by atoms with E-state index in [4.69, 9.17) is 28.0 Å². The van der Waals surface area contributed by atoms with Gasteiger partial charge in [-0.25, -0.2) is 19.6 Å². The number of hydrogen-bond acceptors (Lipinski definition) is 18. The Kier molecular flexibility index (Phi) is 11.7.